The number of amides is 1. The van der Waals surface area contributed by atoms with Gasteiger partial charge in [-0.25, -0.2) is 4.98 Å². The van der Waals surface area contributed by atoms with E-state index in [1.165, 1.54) is 12.8 Å². The van der Waals surface area contributed by atoms with Gasteiger partial charge in [-0.15, -0.1) is 0 Å². The fourth-order valence-electron chi connectivity index (χ4n) is 2.13. The Hall–Kier alpha value is -2.21. The lowest BCUT2D eigenvalue weighted by Gasteiger charge is -2.23. The molecule has 1 saturated carbocycles. The Morgan fingerprint density at radius 3 is 2.64 bits per heavy atom. The van der Waals surface area contributed by atoms with Crippen molar-refractivity contribution in [2.24, 2.45) is 0 Å². The normalized spacial score (nSPS) is 14.9. The summed E-state index contributed by atoms with van der Waals surface area (Å²) in [5.74, 6) is 1.93. The summed E-state index contributed by atoms with van der Waals surface area (Å²) in [7, 11) is 0. The summed E-state index contributed by atoms with van der Waals surface area (Å²) >= 11 is 0. The molecule has 1 aliphatic carbocycles. The minimum absolute atomic E-state index is 0.113. The number of carbonyl (C=O) groups is 1. The van der Waals surface area contributed by atoms with Gasteiger partial charge < -0.3 is 10.4 Å². The summed E-state index contributed by atoms with van der Waals surface area (Å²) in [6, 6.07) is 7.15. The first-order chi connectivity index (χ1) is 10.5. The van der Waals surface area contributed by atoms with Crippen LogP contribution in [0.2, 0.25) is 0 Å². The highest BCUT2D eigenvalue weighted by Crippen LogP contribution is 2.38. The summed E-state index contributed by atoms with van der Waals surface area (Å²) in [5, 5.41) is 19.2. The van der Waals surface area contributed by atoms with Gasteiger partial charge >= 0.3 is 0 Å². The lowest BCUT2D eigenvalue weighted by atomic mass is 10.1. The highest BCUT2D eigenvalue weighted by Gasteiger charge is 2.27. The number of rotatable bonds is 5. The van der Waals surface area contributed by atoms with Gasteiger partial charge in [0.1, 0.15) is 5.82 Å². The van der Waals surface area contributed by atoms with Crippen LogP contribution in [-0.4, -0.2) is 38.3 Å². The molecule has 0 atom stereocenters. The number of H-pyrrole nitrogens is 1. The number of aromatic nitrogens is 3. The number of benzene rings is 1. The van der Waals surface area contributed by atoms with Crippen LogP contribution in [0.25, 0.3) is 11.4 Å². The quantitative estimate of drug-likeness (QED) is 0.786. The number of aliphatic hydroxyl groups excluding tert-OH is 1. The van der Waals surface area contributed by atoms with Crippen molar-refractivity contribution < 1.29 is 9.90 Å². The maximum atomic E-state index is 12.1. The van der Waals surface area contributed by atoms with E-state index in [1.54, 1.807) is 26.0 Å². The van der Waals surface area contributed by atoms with Gasteiger partial charge in [-0.1, -0.05) is 12.1 Å². The van der Waals surface area contributed by atoms with Gasteiger partial charge in [0.2, 0.25) is 0 Å². The van der Waals surface area contributed by atoms with Gasteiger partial charge in [0.25, 0.3) is 5.91 Å². The van der Waals surface area contributed by atoms with E-state index in [-0.39, 0.29) is 12.5 Å². The molecule has 6 nitrogen and oxygen atoms in total. The van der Waals surface area contributed by atoms with Crippen LogP contribution in [0.5, 0.6) is 0 Å². The molecule has 0 saturated heterocycles. The van der Waals surface area contributed by atoms with E-state index in [9.17, 15) is 9.90 Å². The number of nitrogens with zero attached hydrogens (tertiary/aromatic N) is 2. The van der Waals surface area contributed by atoms with Crippen LogP contribution in [0.3, 0.4) is 0 Å². The minimum atomic E-state index is -0.640. The molecule has 6 heteroatoms. The average Bonchev–Trinajstić information content (AvgIpc) is 3.24. The van der Waals surface area contributed by atoms with Crippen molar-refractivity contribution in [3.63, 3.8) is 0 Å². The highest BCUT2D eigenvalue weighted by molar-refractivity contribution is 5.95. The number of hydrogen-bond donors (Lipinski definition) is 3. The molecule has 0 radical (unpaired) electrons. The van der Waals surface area contributed by atoms with Gasteiger partial charge in [-0.05, 0) is 38.8 Å². The fourth-order valence-corrected chi connectivity index (χ4v) is 2.13. The van der Waals surface area contributed by atoms with Crippen molar-refractivity contribution in [3.8, 4) is 11.4 Å². The Labute approximate surface area is 129 Å². The van der Waals surface area contributed by atoms with Crippen LogP contribution >= 0.6 is 0 Å². The van der Waals surface area contributed by atoms with E-state index in [0.717, 1.165) is 11.4 Å². The predicted octanol–water partition coefficient (Wildman–Crippen LogP) is 1.85. The lowest BCUT2D eigenvalue weighted by Crippen LogP contribution is -2.46. The van der Waals surface area contributed by atoms with E-state index in [0.29, 0.717) is 17.3 Å². The Balaban J connectivity index is 1.72. The number of aliphatic hydroxyl groups is 1. The van der Waals surface area contributed by atoms with Gasteiger partial charge in [-0.3, -0.25) is 9.89 Å². The summed E-state index contributed by atoms with van der Waals surface area (Å²) < 4.78 is 0. The minimum Gasteiger partial charge on any atom is -0.394 e. The topological polar surface area (TPSA) is 90.9 Å². The van der Waals surface area contributed by atoms with Crippen LogP contribution in [0.1, 0.15) is 48.8 Å². The van der Waals surface area contributed by atoms with Crippen molar-refractivity contribution in [1.82, 2.24) is 20.5 Å². The summed E-state index contributed by atoms with van der Waals surface area (Å²) in [4.78, 5) is 16.6. The lowest BCUT2D eigenvalue weighted by molar-refractivity contribution is 0.0869. The molecule has 1 aromatic heterocycles. The SMILES string of the molecule is CC(C)(CO)NC(=O)c1ccc(-c2n[nH]c(C3CC3)n2)cc1. The molecule has 0 unspecified atom stereocenters. The molecule has 0 aliphatic heterocycles. The Morgan fingerprint density at radius 1 is 1.36 bits per heavy atom. The van der Waals surface area contributed by atoms with E-state index in [4.69, 9.17) is 0 Å². The molecule has 0 spiro atoms. The van der Waals surface area contributed by atoms with Crippen molar-refractivity contribution in [2.45, 2.75) is 38.1 Å². The van der Waals surface area contributed by atoms with E-state index >= 15 is 0 Å². The zero-order valence-electron chi connectivity index (χ0n) is 12.8. The smallest absolute Gasteiger partial charge is 0.251 e. The predicted molar refractivity (Wildman–Crippen MR) is 82.4 cm³/mol. The first-order valence-electron chi connectivity index (χ1n) is 7.44. The van der Waals surface area contributed by atoms with E-state index in [1.807, 2.05) is 12.1 Å². The molecule has 1 aromatic carbocycles. The second-order valence-electron chi connectivity index (χ2n) is 6.39. The number of hydrogen-bond acceptors (Lipinski definition) is 4. The summed E-state index contributed by atoms with van der Waals surface area (Å²) in [5.41, 5.74) is 0.780. The van der Waals surface area contributed by atoms with Gasteiger partial charge in [0.15, 0.2) is 5.82 Å². The average molecular weight is 300 g/mol. The Morgan fingerprint density at radius 2 is 2.05 bits per heavy atom. The first-order valence-corrected chi connectivity index (χ1v) is 7.44. The molecule has 1 aliphatic rings. The molecular weight excluding hydrogens is 280 g/mol. The third-order valence-electron chi connectivity index (χ3n) is 3.72. The van der Waals surface area contributed by atoms with Crippen LogP contribution in [0.15, 0.2) is 24.3 Å². The van der Waals surface area contributed by atoms with Gasteiger partial charge in [0.05, 0.1) is 12.1 Å². The summed E-state index contributed by atoms with van der Waals surface area (Å²) in [6.45, 7) is 3.43. The van der Waals surface area contributed by atoms with Crippen molar-refractivity contribution >= 4 is 5.91 Å². The van der Waals surface area contributed by atoms with Gasteiger partial charge in [0, 0.05) is 17.0 Å². The highest BCUT2D eigenvalue weighted by atomic mass is 16.3. The molecule has 22 heavy (non-hydrogen) atoms. The zero-order chi connectivity index (χ0) is 15.7. The molecule has 1 heterocycles. The van der Waals surface area contributed by atoms with Crippen molar-refractivity contribution in [3.05, 3.63) is 35.7 Å². The first kappa shape index (κ1) is 14.7. The Kier molecular flexibility index (Phi) is 3.70. The molecular formula is C16H20N4O2. The third kappa shape index (κ3) is 3.17. The van der Waals surface area contributed by atoms with Crippen LogP contribution in [-0.2, 0) is 0 Å². The van der Waals surface area contributed by atoms with Crippen LogP contribution in [0.4, 0.5) is 0 Å². The monoisotopic (exact) mass is 300 g/mol. The molecule has 0 bridgehead atoms. The molecule has 3 N–H and O–H groups in total. The second kappa shape index (κ2) is 5.53. The van der Waals surface area contributed by atoms with Crippen LogP contribution in [0, 0.1) is 0 Å². The summed E-state index contributed by atoms with van der Waals surface area (Å²) in [6.07, 6.45) is 2.35. The largest absolute Gasteiger partial charge is 0.394 e. The Bertz CT molecular complexity index is 672. The molecule has 2 aromatic rings. The molecule has 1 amide bonds. The second-order valence-corrected chi connectivity index (χ2v) is 6.39. The van der Waals surface area contributed by atoms with E-state index in [2.05, 4.69) is 20.5 Å². The standard InChI is InChI=1S/C16H20N4O2/c1-16(2,9-21)18-15(22)12-7-5-11(6-8-12)14-17-13(19-20-14)10-3-4-10/h5-8,10,21H,3-4,9H2,1-2H3,(H,18,22)(H,17,19,20). The molecule has 1 fully saturated rings. The molecule has 3 rings (SSSR count). The number of carbonyl (C=O) groups excluding carboxylic acids is 1. The van der Waals surface area contributed by atoms with Crippen molar-refractivity contribution in [1.29, 1.82) is 0 Å². The fraction of sp³-hybridized carbons (Fsp3) is 0.438. The van der Waals surface area contributed by atoms with E-state index < -0.39 is 5.54 Å². The zero-order valence-corrected chi connectivity index (χ0v) is 12.8. The number of aromatic amines is 1. The third-order valence-corrected chi connectivity index (χ3v) is 3.72. The number of nitrogens with one attached hydrogen (secondary N) is 2. The van der Waals surface area contributed by atoms with Gasteiger partial charge in [-0.2, -0.15) is 5.10 Å². The maximum absolute atomic E-state index is 12.1. The molecule has 116 valence electrons. The van der Waals surface area contributed by atoms with Crippen LogP contribution < -0.4 is 5.32 Å². The maximum Gasteiger partial charge on any atom is 0.251 e. The van der Waals surface area contributed by atoms with Crippen molar-refractivity contribution in [2.75, 3.05) is 6.61 Å².